The van der Waals surface area contributed by atoms with Gasteiger partial charge in [0.1, 0.15) is 11.4 Å². The molecule has 1 aliphatic carbocycles. The number of ether oxygens (including phenoxy) is 1. The standard InChI is InChI=1S/C26H32ClN7O2/c1-2-33-13-19(27)18-12-21(31-32-24(18)33)25(35)29-17-6-7-20-16(11-17)5-8-23(30-20)34-14-22(28)26(15-34)9-3-4-10-36-26/h5,8,12-13,17,22H,2-4,6-7,9-11,14-15,28H2,1H3,(H,29,35). The van der Waals surface area contributed by atoms with Gasteiger partial charge in [-0.15, -0.1) is 10.2 Å². The Bertz CT molecular complexity index is 1300. The SMILES string of the molecule is CCn1cc(Cl)c2cc(C(=O)NC3CCc4nc(N5CC(N)C6(CCCCO6)C5)ccc4C3)nnc21. The van der Waals surface area contributed by atoms with E-state index < -0.39 is 0 Å². The predicted molar refractivity (Wildman–Crippen MR) is 138 cm³/mol. The van der Waals surface area contributed by atoms with Crippen molar-refractivity contribution in [3.63, 3.8) is 0 Å². The highest BCUT2D eigenvalue weighted by molar-refractivity contribution is 6.35. The molecule has 0 radical (unpaired) electrons. The second-order valence-corrected chi connectivity index (χ2v) is 10.7. The van der Waals surface area contributed by atoms with E-state index in [-0.39, 0.29) is 29.3 Å². The van der Waals surface area contributed by atoms with Crippen molar-refractivity contribution >= 4 is 34.4 Å². The highest BCUT2D eigenvalue weighted by Crippen LogP contribution is 2.36. The summed E-state index contributed by atoms with van der Waals surface area (Å²) in [4.78, 5) is 20.2. The summed E-state index contributed by atoms with van der Waals surface area (Å²) in [6.45, 7) is 5.11. The van der Waals surface area contributed by atoms with Gasteiger partial charge in [-0.3, -0.25) is 4.79 Å². The molecule has 3 unspecified atom stereocenters. The number of nitrogens with one attached hydrogen (secondary N) is 1. The number of carbonyl (C=O) groups is 1. The van der Waals surface area contributed by atoms with E-state index >= 15 is 0 Å². The van der Waals surface area contributed by atoms with Crippen LogP contribution in [-0.2, 0) is 24.1 Å². The maximum absolute atomic E-state index is 13.0. The number of anilines is 1. The number of nitrogens with two attached hydrogens (primary N) is 1. The predicted octanol–water partition coefficient (Wildman–Crippen LogP) is 2.87. The lowest BCUT2D eigenvalue weighted by Gasteiger charge is -2.36. The van der Waals surface area contributed by atoms with Crippen LogP contribution in [0.4, 0.5) is 5.82 Å². The first-order valence-corrected chi connectivity index (χ1v) is 13.3. The summed E-state index contributed by atoms with van der Waals surface area (Å²) >= 11 is 6.35. The van der Waals surface area contributed by atoms with E-state index in [9.17, 15) is 4.79 Å². The van der Waals surface area contributed by atoms with Gasteiger partial charge in [-0.1, -0.05) is 17.7 Å². The van der Waals surface area contributed by atoms with Crippen LogP contribution < -0.4 is 16.0 Å². The van der Waals surface area contributed by atoms with Crippen molar-refractivity contribution in [3.8, 4) is 0 Å². The largest absolute Gasteiger partial charge is 0.371 e. The number of hydrogen-bond acceptors (Lipinski definition) is 7. The molecular formula is C26H32ClN7O2. The van der Waals surface area contributed by atoms with E-state index in [4.69, 9.17) is 27.1 Å². The van der Waals surface area contributed by atoms with Crippen molar-refractivity contribution in [1.29, 1.82) is 0 Å². The fourth-order valence-corrected chi connectivity index (χ4v) is 6.18. The van der Waals surface area contributed by atoms with E-state index in [1.54, 1.807) is 6.07 Å². The number of hydrogen-bond donors (Lipinski definition) is 2. The number of fused-ring (bicyclic) bond motifs is 2. The zero-order chi connectivity index (χ0) is 24.9. The van der Waals surface area contributed by atoms with Crippen LogP contribution in [0.2, 0.25) is 5.02 Å². The summed E-state index contributed by atoms with van der Waals surface area (Å²) in [6, 6.07) is 5.98. The summed E-state index contributed by atoms with van der Waals surface area (Å²) in [6.07, 6.45) is 7.50. The highest BCUT2D eigenvalue weighted by Gasteiger charge is 2.47. The van der Waals surface area contributed by atoms with Crippen LogP contribution in [0, 0.1) is 0 Å². The molecular weight excluding hydrogens is 478 g/mol. The molecule has 1 spiro atoms. The topological polar surface area (TPSA) is 111 Å². The smallest absolute Gasteiger partial charge is 0.272 e. The third kappa shape index (κ3) is 4.13. The van der Waals surface area contributed by atoms with Crippen LogP contribution in [0.1, 0.15) is 54.4 Å². The lowest BCUT2D eigenvalue weighted by Crippen LogP contribution is -2.51. The van der Waals surface area contributed by atoms with Crippen molar-refractivity contribution in [2.75, 3.05) is 24.6 Å². The van der Waals surface area contributed by atoms with Gasteiger partial charge in [0, 0.05) is 43.0 Å². The molecule has 3 aromatic rings. The monoisotopic (exact) mass is 509 g/mol. The van der Waals surface area contributed by atoms with Gasteiger partial charge in [0.05, 0.1) is 17.6 Å². The number of pyridine rings is 1. The van der Waals surface area contributed by atoms with E-state index in [0.717, 1.165) is 75.2 Å². The number of amides is 1. The van der Waals surface area contributed by atoms with Gasteiger partial charge >= 0.3 is 0 Å². The molecule has 0 aromatic carbocycles. The van der Waals surface area contributed by atoms with Crippen LogP contribution in [0.3, 0.4) is 0 Å². The van der Waals surface area contributed by atoms with E-state index in [1.165, 1.54) is 12.0 Å². The van der Waals surface area contributed by atoms with Crippen molar-refractivity contribution in [3.05, 3.63) is 46.4 Å². The molecule has 36 heavy (non-hydrogen) atoms. The molecule has 3 atom stereocenters. The number of carbonyl (C=O) groups excluding carboxylic acids is 1. The number of aromatic nitrogens is 4. The highest BCUT2D eigenvalue weighted by atomic mass is 35.5. The Kier molecular flexibility index (Phi) is 6.09. The van der Waals surface area contributed by atoms with Crippen LogP contribution >= 0.6 is 11.6 Å². The number of aryl methyl sites for hydroxylation is 2. The first-order chi connectivity index (χ1) is 17.5. The van der Waals surface area contributed by atoms with Crippen LogP contribution in [0.15, 0.2) is 24.4 Å². The second kappa shape index (κ2) is 9.28. The van der Waals surface area contributed by atoms with E-state index in [1.807, 2.05) is 17.7 Å². The number of nitrogens with zero attached hydrogens (tertiary/aromatic N) is 5. The maximum atomic E-state index is 13.0. The lowest BCUT2D eigenvalue weighted by atomic mass is 9.89. The third-order valence-electron chi connectivity index (χ3n) is 7.99. The van der Waals surface area contributed by atoms with Crippen LogP contribution in [0.25, 0.3) is 11.0 Å². The number of halogens is 1. The molecule has 3 N–H and O–H groups in total. The average Bonchev–Trinajstić information content (AvgIpc) is 3.39. The molecule has 190 valence electrons. The fraction of sp³-hybridized carbons (Fsp3) is 0.538. The average molecular weight is 510 g/mol. The van der Waals surface area contributed by atoms with Gasteiger partial charge in [-0.2, -0.15) is 0 Å². The quantitative estimate of drug-likeness (QED) is 0.556. The summed E-state index contributed by atoms with van der Waals surface area (Å²) in [5.41, 5.74) is 9.52. The molecule has 6 rings (SSSR count). The molecule has 1 amide bonds. The minimum absolute atomic E-state index is 0.00737. The molecule has 3 aromatic heterocycles. The number of rotatable bonds is 4. The second-order valence-electron chi connectivity index (χ2n) is 10.3. The minimum Gasteiger partial charge on any atom is -0.371 e. The molecule has 2 saturated heterocycles. The zero-order valence-electron chi connectivity index (χ0n) is 20.5. The zero-order valence-corrected chi connectivity index (χ0v) is 21.3. The first-order valence-electron chi connectivity index (χ1n) is 12.9. The van der Waals surface area contributed by atoms with Crippen molar-refractivity contribution in [2.45, 2.75) is 69.7 Å². The van der Waals surface area contributed by atoms with E-state index in [2.05, 4.69) is 32.5 Å². The Morgan fingerprint density at radius 2 is 2.22 bits per heavy atom. The minimum atomic E-state index is -0.236. The summed E-state index contributed by atoms with van der Waals surface area (Å²) in [5, 5.41) is 12.8. The van der Waals surface area contributed by atoms with Gasteiger partial charge in [-0.05, 0) is 63.1 Å². The first kappa shape index (κ1) is 23.6. The van der Waals surface area contributed by atoms with Crippen molar-refractivity contribution in [1.82, 2.24) is 25.1 Å². The van der Waals surface area contributed by atoms with Gasteiger partial charge in [0.15, 0.2) is 11.3 Å². The molecule has 0 saturated carbocycles. The van der Waals surface area contributed by atoms with Gasteiger partial charge in [-0.25, -0.2) is 4.98 Å². The summed E-state index contributed by atoms with van der Waals surface area (Å²) < 4.78 is 8.10. The van der Waals surface area contributed by atoms with E-state index in [0.29, 0.717) is 10.7 Å². The normalized spacial score (nSPS) is 25.9. The van der Waals surface area contributed by atoms with Crippen molar-refractivity contribution < 1.29 is 9.53 Å². The Morgan fingerprint density at radius 1 is 1.33 bits per heavy atom. The van der Waals surface area contributed by atoms with Gasteiger partial charge < -0.3 is 25.3 Å². The molecule has 10 heteroatoms. The summed E-state index contributed by atoms with van der Waals surface area (Å²) in [7, 11) is 0. The fourth-order valence-electron chi connectivity index (χ4n) is 5.92. The Morgan fingerprint density at radius 3 is 3.03 bits per heavy atom. The van der Waals surface area contributed by atoms with Crippen LogP contribution in [-0.4, -0.2) is 63.0 Å². The molecule has 2 fully saturated rings. The maximum Gasteiger partial charge on any atom is 0.272 e. The Balaban J connectivity index is 1.13. The Labute approximate surface area is 215 Å². The van der Waals surface area contributed by atoms with Gasteiger partial charge in [0.25, 0.3) is 5.91 Å². The Hall–Kier alpha value is -2.75. The van der Waals surface area contributed by atoms with Gasteiger partial charge in [0.2, 0.25) is 0 Å². The molecule has 9 nitrogen and oxygen atoms in total. The molecule has 2 aliphatic heterocycles. The molecule has 3 aliphatic rings. The molecule has 5 heterocycles. The lowest BCUT2D eigenvalue weighted by molar-refractivity contribution is -0.0717. The summed E-state index contributed by atoms with van der Waals surface area (Å²) in [5.74, 6) is 0.740. The van der Waals surface area contributed by atoms with Crippen LogP contribution in [0.5, 0.6) is 0 Å². The molecule has 0 bridgehead atoms. The third-order valence-corrected chi connectivity index (χ3v) is 8.29. The van der Waals surface area contributed by atoms with Crippen molar-refractivity contribution in [2.24, 2.45) is 5.73 Å².